The van der Waals surface area contributed by atoms with E-state index in [2.05, 4.69) is 9.97 Å². The summed E-state index contributed by atoms with van der Waals surface area (Å²) in [7, 11) is -0.539. The van der Waals surface area contributed by atoms with Crippen molar-refractivity contribution < 1.29 is 14.1 Å². The van der Waals surface area contributed by atoms with Gasteiger partial charge in [0.25, 0.3) is 5.82 Å². The van der Waals surface area contributed by atoms with Gasteiger partial charge in [-0.15, -0.1) is 0 Å². The minimum Gasteiger partial charge on any atom is -0.405 e. The second-order valence-corrected chi connectivity index (χ2v) is 5.60. The highest BCUT2D eigenvalue weighted by Crippen LogP contribution is 2.35. The number of nitrogens with one attached hydrogen (secondary N) is 2. The molecule has 0 fully saturated rings. The van der Waals surface area contributed by atoms with Crippen LogP contribution in [0.2, 0.25) is 10.0 Å². The molecule has 0 amide bonds. The molecule has 2 N–H and O–H groups in total. The van der Waals surface area contributed by atoms with Crippen molar-refractivity contribution in [3.63, 3.8) is 0 Å². The van der Waals surface area contributed by atoms with Crippen molar-refractivity contribution in [2.75, 3.05) is 0 Å². The minimum atomic E-state index is -0.539. The summed E-state index contributed by atoms with van der Waals surface area (Å²) < 4.78 is 15.8. The van der Waals surface area contributed by atoms with Crippen LogP contribution in [0.1, 0.15) is 0 Å². The summed E-state index contributed by atoms with van der Waals surface area (Å²) in [5.41, 5.74) is 0.787. The number of H-pyrrole nitrogens is 2. The van der Waals surface area contributed by atoms with E-state index in [4.69, 9.17) is 27.7 Å². The molecule has 3 rings (SSSR count). The normalized spacial score (nSPS) is 11.0. The van der Waals surface area contributed by atoms with E-state index < -0.39 is 8.69 Å². The summed E-state index contributed by atoms with van der Waals surface area (Å²) >= 11 is 11.9. The maximum absolute atomic E-state index is 12.2. The highest BCUT2D eigenvalue weighted by molar-refractivity contribution is 7.17. The predicted octanol–water partition coefficient (Wildman–Crippen LogP) is 3.90. The second-order valence-electron chi connectivity index (χ2n) is 4.43. The van der Waals surface area contributed by atoms with Crippen LogP contribution in [0.4, 0.5) is 0 Å². The van der Waals surface area contributed by atoms with E-state index in [1.54, 1.807) is 36.4 Å². The van der Waals surface area contributed by atoms with Gasteiger partial charge >= 0.3 is 14.2 Å². The summed E-state index contributed by atoms with van der Waals surface area (Å²) in [4.78, 5) is 18.0. The molecule has 110 valence electrons. The standard InChI is InChI=1S/C14H7Cl2N2O3P/c15-7-4-5-11-9(6-7)14(19)18-13(17-11)8-2-1-3-10(16)12(8)21-22-20/h1-6H,(H,17,18,19)/p+1. The largest absolute Gasteiger partial charge is 0.405 e. The van der Waals surface area contributed by atoms with Crippen molar-refractivity contribution in [1.82, 2.24) is 4.98 Å². The molecule has 0 saturated heterocycles. The quantitative estimate of drug-likeness (QED) is 0.725. The molecule has 0 saturated carbocycles. The van der Waals surface area contributed by atoms with Gasteiger partial charge in [0.2, 0.25) is 0 Å². The Balaban J connectivity index is 2.28. The number of halogens is 2. The molecule has 22 heavy (non-hydrogen) atoms. The lowest BCUT2D eigenvalue weighted by Gasteiger charge is -2.05. The molecule has 0 aliphatic carbocycles. The Hall–Kier alpha value is -1.94. The van der Waals surface area contributed by atoms with Crippen molar-refractivity contribution in [1.29, 1.82) is 0 Å². The van der Waals surface area contributed by atoms with E-state index in [-0.39, 0.29) is 16.3 Å². The Morgan fingerprint density at radius 3 is 2.77 bits per heavy atom. The first-order chi connectivity index (χ1) is 10.6. The van der Waals surface area contributed by atoms with Gasteiger partial charge in [-0.2, -0.15) is 0 Å². The molecular formula is C14H8Cl2N2O3P+. The van der Waals surface area contributed by atoms with E-state index in [0.29, 0.717) is 27.3 Å². The molecule has 2 aromatic carbocycles. The zero-order valence-electron chi connectivity index (χ0n) is 10.9. The Bertz CT molecular complexity index is 943. The van der Waals surface area contributed by atoms with Gasteiger partial charge in [0.15, 0.2) is 5.75 Å². The van der Waals surface area contributed by atoms with Gasteiger partial charge in [-0.1, -0.05) is 29.3 Å². The van der Waals surface area contributed by atoms with Gasteiger partial charge in [0.05, 0.1) is 5.02 Å². The van der Waals surface area contributed by atoms with Gasteiger partial charge in [-0.25, -0.2) is 19.3 Å². The monoisotopic (exact) mass is 353 g/mol. The average molecular weight is 354 g/mol. The molecule has 0 radical (unpaired) electrons. The first-order valence-electron chi connectivity index (χ1n) is 6.13. The van der Waals surface area contributed by atoms with Crippen LogP contribution >= 0.6 is 31.9 Å². The van der Waals surface area contributed by atoms with E-state index >= 15 is 0 Å². The lowest BCUT2D eigenvalue weighted by molar-refractivity contribution is -0.335. The average Bonchev–Trinajstić information content (AvgIpc) is 2.50. The third-order valence-corrected chi connectivity index (χ3v) is 3.88. The highest BCUT2D eigenvalue weighted by atomic mass is 35.5. The highest BCUT2D eigenvalue weighted by Gasteiger charge is 2.19. The lowest BCUT2D eigenvalue weighted by Crippen LogP contribution is -2.20. The number of hydrogen-bond donors (Lipinski definition) is 1. The Morgan fingerprint density at radius 1 is 1.18 bits per heavy atom. The third kappa shape index (κ3) is 2.71. The fraction of sp³-hybridized carbons (Fsp3) is 0. The zero-order valence-corrected chi connectivity index (χ0v) is 13.3. The van der Waals surface area contributed by atoms with Gasteiger partial charge in [0.1, 0.15) is 16.5 Å². The Labute approximate surface area is 136 Å². The van der Waals surface area contributed by atoms with Gasteiger partial charge in [-0.05, 0) is 30.3 Å². The fourth-order valence-electron chi connectivity index (χ4n) is 2.13. The van der Waals surface area contributed by atoms with Gasteiger partial charge in [0, 0.05) is 5.02 Å². The summed E-state index contributed by atoms with van der Waals surface area (Å²) in [5, 5.41) is 1.19. The Morgan fingerprint density at radius 2 is 2.00 bits per heavy atom. The van der Waals surface area contributed by atoms with Crippen LogP contribution in [0, 0.1) is 0 Å². The van der Waals surface area contributed by atoms with E-state index in [9.17, 15) is 9.36 Å². The second kappa shape index (κ2) is 6.05. The van der Waals surface area contributed by atoms with Gasteiger partial charge in [-0.3, -0.25) is 0 Å². The van der Waals surface area contributed by atoms with Crippen molar-refractivity contribution >= 4 is 42.8 Å². The van der Waals surface area contributed by atoms with Crippen LogP contribution < -0.4 is 15.1 Å². The van der Waals surface area contributed by atoms with E-state index in [1.807, 2.05) is 0 Å². The maximum Gasteiger partial charge on any atom is 0.395 e. The van der Waals surface area contributed by atoms with Crippen LogP contribution in [0.3, 0.4) is 0 Å². The summed E-state index contributed by atoms with van der Waals surface area (Å²) in [6, 6.07) is 9.94. The molecule has 8 heteroatoms. The summed E-state index contributed by atoms with van der Waals surface area (Å²) in [6.07, 6.45) is 0. The Kier molecular flexibility index (Phi) is 4.12. The first-order valence-corrected chi connectivity index (χ1v) is 7.62. The molecule has 1 aromatic heterocycles. The number of rotatable bonds is 3. The van der Waals surface area contributed by atoms with Crippen LogP contribution in [-0.4, -0.2) is 4.98 Å². The zero-order chi connectivity index (χ0) is 15.7. The van der Waals surface area contributed by atoms with Crippen LogP contribution in [0.15, 0.2) is 41.2 Å². The molecular weight excluding hydrogens is 346 g/mol. The molecule has 0 spiro atoms. The molecule has 1 heterocycles. The SMILES string of the molecule is O=POc1c(Cl)cccc1-c1[nH]c(=O)c2cc(Cl)ccc2[nH+]1. The lowest BCUT2D eigenvalue weighted by atomic mass is 10.1. The van der Waals surface area contributed by atoms with Gasteiger partial charge < -0.3 is 4.52 Å². The number of fused-ring (bicyclic) bond motifs is 1. The molecule has 0 aliphatic heterocycles. The van der Waals surface area contributed by atoms with Crippen LogP contribution in [0.25, 0.3) is 22.3 Å². The van der Waals surface area contributed by atoms with Crippen molar-refractivity contribution in [2.24, 2.45) is 0 Å². The van der Waals surface area contributed by atoms with Crippen LogP contribution in [0.5, 0.6) is 5.75 Å². The topological polar surface area (TPSA) is 73.3 Å². The number of para-hydroxylation sites is 1. The van der Waals surface area contributed by atoms with Crippen molar-refractivity contribution in [3.8, 4) is 17.1 Å². The number of aromatic amines is 2. The first kappa shape index (κ1) is 15.0. The molecule has 0 aliphatic rings. The number of aromatic nitrogens is 2. The molecule has 0 bridgehead atoms. The fourth-order valence-corrected chi connectivity index (χ4v) is 2.84. The smallest absolute Gasteiger partial charge is 0.395 e. The maximum atomic E-state index is 12.2. The predicted molar refractivity (Wildman–Crippen MR) is 84.8 cm³/mol. The molecule has 0 unspecified atom stereocenters. The number of benzene rings is 2. The summed E-state index contributed by atoms with van der Waals surface area (Å²) in [5.74, 6) is 0.599. The molecule has 5 nitrogen and oxygen atoms in total. The van der Waals surface area contributed by atoms with Crippen LogP contribution in [-0.2, 0) is 4.57 Å². The van der Waals surface area contributed by atoms with Crippen molar-refractivity contribution in [2.45, 2.75) is 0 Å². The van der Waals surface area contributed by atoms with E-state index in [1.165, 1.54) is 0 Å². The molecule has 0 atom stereocenters. The third-order valence-electron chi connectivity index (χ3n) is 3.09. The summed E-state index contributed by atoms with van der Waals surface area (Å²) in [6.45, 7) is 0. The molecule has 3 aromatic rings. The van der Waals surface area contributed by atoms with E-state index in [0.717, 1.165) is 0 Å². The van der Waals surface area contributed by atoms with Crippen molar-refractivity contribution in [3.05, 3.63) is 56.8 Å². The number of hydrogen-bond acceptors (Lipinski definition) is 3. The minimum absolute atomic E-state index is 0.209.